The Bertz CT molecular complexity index is 353. The van der Waals surface area contributed by atoms with Crippen molar-refractivity contribution in [3.63, 3.8) is 0 Å². The van der Waals surface area contributed by atoms with Crippen molar-refractivity contribution in [2.45, 2.75) is 34.6 Å². The van der Waals surface area contributed by atoms with Crippen molar-refractivity contribution < 1.29 is 23.5 Å². The van der Waals surface area contributed by atoms with Crippen LogP contribution in [0.25, 0.3) is 0 Å². The monoisotopic (exact) mass is 293 g/mol. The lowest BCUT2D eigenvalue weighted by Gasteiger charge is -2.08. The molecule has 3 amide bonds. The normalized spacial score (nSPS) is 9.10. The van der Waals surface area contributed by atoms with Gasteiger partial charge < -0.3 is 16.0 Å². The molecule has 0 aromatic heterocycles. The number of amides is 3. The molecule has 0 unspecified atom stereocenters. The van der Waals surface area contributed by atoms with Crippen molar-refractivity contribution in [2.24, 2.45) is 5.92 Å². The van der Waals surface area contributed by atoms with Gasteiger partial charge in [-0.3, -0.25) is 19.2 Å². The average Bonchev–Trinajstić information content (AvgIpc) is 2.42. The molecule has 0 atom stereocenters. The summed E-state index contributed by atoms with van der Waals surface area (Å²) < 4.78 is 0. The van der Waals surface area contributed by atoms with E-state index >= 15 is 0 Å². The largest absolute Gasteiger partial charge is 0.348 e. The second kappa shape index (κ2) is 12.1. The van der Waals surface area contributed by atoms with E-state index in [1.807, 2.05) is 13.8 Å². The summed E-state index contributed by atoms with van der Waals surface area (Å²) in [5.41, 5.74) is 0. The first-order chi connectivity index (χ1) is 9.32. The molecule has 0 aromatic rings. The molecule has 0 radical (unpaired) electrons. The molecule has 0 fully saturated rings. The molecule has 0 spiro atoms. The van der Waals surface area contributed by atoms with Gasteiger partial charge in [-0.1, -0.05) is 27.7 Å². The molecule has 3 N–H and O–H groups in total. The molecule has 0 saturated heterocycles. The third-order valence-electron chi connectivity index (χ3n) is 1.93. The molecule has 0 rings (SSSR count). The number of hydrogen-bond donors (Lipinski definition) is 3. The maximum absolute atomic E-state index is 11.2. The van der Waals surface area contributed by atoms with E-state index in [1.54, 1.807) is 13.8 Å². The van der Waals surface area contributed by atoms with Crippen molar-refractivity contribution in [1.29, 1.82) is 0 Å². The van der Waals surface area contributed by atoms with Crippen LogP contribution in [0.15, 0.2) is 0 Å². The quantitative estimate of drug-likeness (QED) is 0.629. The van der Waals surface area contributed by atoms with E-state index < -0.39 is 11.8 Å². The molecule has 7 heteroatoms. The summed E-state index contributed by atoms with van der Waals surface area (Å²) >= 11 is 0. The van der Waals surface area contributed by atoms with Crippen LogP contribution in [0.4, 0.5) is 0 Å². The summed E-state index contributed by atoms with van der Waals surface area (Å²) in [7, 11) is 0. The van der Waals surface area contributed by atoms with Crippen LogP contribution in [-0.2, 0) is 19.2 Å². The van der Waals surface area contributed by atoms with Gasteiger partial charge in [-0.15, -0.1) is 0 Å². The highest BCUT2D eigenvalue weighted by atomic mass is 16.2. The van der Waals surface area contributed by atoms with Crippen LogP contribution in [0, 0.1) is 5.92 Å². The lowest BCUT2D eigenvalue weighted by atomic mass is 10.2. The van der Waals surface area contributed by atoms with Crippen molar-refractivity contribution >= 4 is 23.5 Å². The summed E-state index contributed by atoms with van der Waals surface area (Å²) in [6.07, 6.45) is 0. The van der Waals surface area contributed by atoms with Gasteiger partial charge in [-0.25, -0.2) is 0 Å². The van der Waals surface area contributed by atoms with Crippen molar-refractivity contribution in [3.8, 4) is 0 Å². The van der Waals surface area contributed by atoms with Crippen LogP contribution in [-0.4, -0.2) is 43.1 Å². The third kappa shape index (κ3) is 12.5. The Morgan fingerprint density at radius 1 is 0.850 bits per heavy atom. The Morgan fingerprint density at radius 2 is 1.25 bits per heavy atom. The van der Waals surface area contributed by atoms with Gasteiger partial charge in [0.05, 0.1) is 19.6 Å². The van der Waals surface area contributed by atoms with E-state index in [2.05, 4.69) is 16.0 Å². The SMILES string of the molecule is CC.CC(=O)CNC(=O)CNC(=O)CNC(=O)C(C)C.[HH].[HH].[HH]. The fourth-order valence-electron chi connectivity index (χ4n) is 0.898. The molecule has 0 aliphatic heterocycles. The fourth-order valence-corrected chi connectivity index (χ4v) is 0.898. The number of rotatable bonds is 7. The number of ketones is 1. The van der Waals surface area contributed by atoms with E-state index in [9.17, 15) is 19.2 Å². The Balaban J connectivity index is -0.000000207. The highest BCUT2D eigenvalue weighted by Gasteiger charge is 2.09. The van der Waals surface area contributed by atoms with Crippen LogP contribution in [0.3, 0.4) is 0 Å². The summed E-state index contributed by atoms with van der Waals surface area (Å²) in [4.78, 5) is 44.1. The van der Waals surface area contributed by atoms with Gasteiger partial charge >= 0.3 is 0 Å². The van der Waals surface area contributed by atoms with Gasteiger partial charge in [0, 0.05) is 10.2 Å². The first-order valence-corrected chi connectivity index (χ1v) is 6.63. The lowest BCUT2D eigenvalue weighted by molar-refractivity contribution is -0.129. The molecule has 0 aliphatic carbocycles. The Labute approximate surface area is 124 Å². The predicted molar refractivity (Wildman–Crippen MR) is 82.2 cm³/mol. The summed E-state index contributed by atoms with van der Waals surface area (Å²) in [5, 5.41) is 7.07. The second-order valence-electron chi connectivity index (χ2n) is 4.13. The van der Waals surface area contributed by atoms with Crippen LogP contribution in [0.1, 0.15) is 38.9 Å². The standard InChI is InChI=1S/C11H19N3O4.C2H6.3H2/c1-7(2)11(18)14-6-10(17)13-5-9(16)12-4-8(3)15;1-2;;;/h7H,4-6H2,1-3H3,(H,12,16)(H,13,17)(H,14,18);1-2H3;3*1H. The van der Waals surface area contributed by atoms with E-state index in [4.69, 9.17) is 0 Å². The average molecular weight is 293 g/mol. The number of carbonyl (C=O) groups excluding carboxylic acids is 4. The highest BCUT2D eigenvalue weighted by Crippen LogP contribution is 1.89. The zero-order chi connectivity index (χ0) is 16.1. The van der Waals surface area contributed by atoms with Gasteiger partial charge in [0.25, 0.3) is 0 Å². The molecular formula is C13H31N3O4. The lowest BCUT2D eigenvalue weighted by Crippen LogP contribution is -2.43. The maximum atomic E-state index is 11.2. The zero-order valence-electron chi connectivity index (χ0n) is 12.8. The Hall–Kier alpha value is -1.92. The maximum Gasteiger partial charge on any atom is 0.239 e. The van der Waals surface area contributed by atoms with Crippen LogP contribution < -0.4 is 16.0 Å². The van der Waals surface area contributed by atoms with E-state index in [0.29, 0.717) is 0 Å². The number of hydrogen-bond acceptors (Lipinski definition) is 4. The van der Waals surface area contributed by atoms with Crippen LogP contribution >= 0.6 is 0 Å². The van der Waals surface area contributed by atoms with E-state index in [0.717, 1.165) is 0 Å². The topological polar surface area (TPSA) is 104 Å². The number of Topliss-reactive ketones (excluding diaryl/α,β-unsaturated/α-hetero) is 1. The first kappa shape index (κ1) is 20.4. The second-order valence-corrected chi connectivity index (χ2v) is 4.13. The molecule has 20 heavy (non-hydrogen) atoms. The number of carbonyl (C=O) groups is 4. The fraction of sp³-hybridized carbons (Fsp3) is 0.692. The summed E-state index contributed by atoms with van der Waals surface area (Å²) in [6, 6.07) is 0. The van der Waals surface area contributed by atoms with Gasteiger partial charge in [0.2, 0.25) is 17.7 Å². The predicted octanol–water partition coefficient (Wildman–Crippen LogP) is 0.344. The van der Waals surface area contributed by atoms with Crippen molar-refractivity contribution in [1.82, 2.24) is 16.0 Å². The third-order valence-corrected chi connectivity index (χ3v) is 1.93. The Kier molecular flexibility index (Phi) is 12.4. The minimum Gasteiger partial charge on any atom is -0.348 e. The number of nitrogens with one attached hydrogen (secondary N) is 3. The van der Waals surface area contributed by atoms with E-state index in [-0.39, 0.29) is 41.5 Å². The molecule has 0 aromatic carbocycles. The van der Waals surface area contributed by atoms with E-state index in [1.165, 1.54) is 6.92 Å². The minimum atomic E-state index is -0.457. The first-order valence-electron chi connectivity index (χ1n) is 6.63. The minimum absolute atomic E-state index is 0. The molecule has 0 saturated carbocycles. The molecule has 122 valence electrons. The molecule has 0 aliphatic rings. The summed E-state index contributed by atoms with van der Waals surface area (Å²) in [6.45, 7) is 8.32. The van der Waals surface area contributed by atoms with Crippen LogP contribution in [0.2, 0.25) is 0 Å². The Morgan fingerprint density at radius 3 is 1.65 bits per heavy atom. The molecule has 7 nitrogen and oxygen atoms in total. The van der Waals surface area contributed by atoms with Gasteiger partial charge in [-0.2, -0.15) is 0 Å². The van der Waals surface area contributed by atoms with Crippen molar-refractivity contribution in [2.75, 3.05) is 19.6 Å². The summed E-state index contributed by atoms with van der Waals surface area (Å²) in [5.74, 6) is -1.50. The van der Waals surface area contributed by atoms with Crippen molar-refractivity contribution in [3.05, 3.63) is 0 Å². The van der Waals surface area contributed by atoms with Crippen LogP contribution in [0.5, 0.6) is 0 Å². The zero-order valence-corrected chi connectivity index (χ0v) is 12.8. The molecule has 0 bridgehead atoms. The highest BCUT2D eigenvalue weighted by molar-refractivity contribution is 5.90. The smallest absolute Gasteiger partial charge is 0.239 e. The van der Waals surface area contributed by atoms with Gasteiger partial charge in [0.15, 0.2) is 0 Å². The molecular weight excluding hydrogens is 262 g/mol. The van der Waals surface area contributed by atoms with Gasteiger partial charge in [-0.05, 0) is 6.92 Å². The molecule has 0 heterocycles. The van der Waals surface area contributed by atoms with Gasteiger partial charge in [0.1, 0.15) is 5.78 Å².